The third-order valence-corrected chi connectivity index (χ3v) is 4.73. The van der Waals surface area contributed by atoms with Crippen LogP contribution in [0, 0.1) is 0 Å². The number of carbonyl (C=O) groups is 2. The first-order chi connectivity index (χ1) is 12.6. The lowest BCUT2D eigenvalue weighted by Crippen LogP contribution is -2.37. The second kappa shape index (κ2) is 8.15. The van der Waals surface area contributed by atoms with Crippen LogP contribution in [-0.4, -0.2) is 43.0 Å². The van der Waals surface area contributed by atoms with Crippen LogP contribution in [0.5, 0.6) is 0 Å². The summed E-state index contributed by atoms with van der Waals surface area (Å²) in [6, 6.07) is 14.5. The largest absolute Gasteiger partial charge is 0.376 e. The number of hydrogen-bond donors (Lipinski definition) is 1. The van der Waals surface area contributed by atoms with E-state index >= 15 is 0 Å². The Balaban J connectivity index is 1.73. The molecule has 0 saturated carbocycles. The van der Waals surface area contributed by atoms with E-state index in [-0.39, 0.29) is 12.0 Å². The Labute approximate surface area is 153 Å². The maximum absolute atomic E-state index is 12.6. The molecule has 2 amide bonds. The van der Waals surface area contributed by atoms with Gasteiger partial charge in [0.1, 0.15) is 0 Å². The first-order valence-electron chi connectivity index (χ1n) is 8.92. The third kappa shape index (κ3) is 4.11. The van der Waals surface area contributed by atoms with Gasteiger partial charge in [0.05, 0.1) is 6.10 Å². The number of ether oxygens (including phenoxy) is 1. The average molecular weight is 352 g/mol. The molecule has 1 saturated heterocycles. The van der Waals surface area contributed by atoms with Crippen LogP contribution in [0.3, 0.4) is 0 Å². The van der Waals surface area contributed by atoms with Gasteiger partial charge in [0.25, 0.3) is 5.91 Å². The number of primary amides is 1. The van der Waals surface area contributed by atoms with Gasteiger partial charge in [-0.15, -0.1) is 0 Å². The molecule has 1 atom stereocenters. The molecule has 1 fully saturated rings. The molecule has 3 rings (SSSR count). The lowest BCUT2D eigenvalue weighted by Gasteiger charge is -2.27. The molecule has 1 heterocycles. The Morgan fingerprint density at radius 2 is 1.85 bits per heavy atom. The highest BCUT2D eigenvalue weighted by Gasteiger charge is 2.20. The third-order valence-electron chi connectivity index (χ3n) is 4.73. The molecule has 1 aliphatic heterocycles. The minimum absolute atomic E-state index is 0.0334. The van der Waals surface area contributed by atoms with Gasteiger partial charge in [0.2, 0.25) is 5.91 Å². The number of benzene rings is 2. The molecule has 0 radical (unpaired) electrons. The summed E-state index contributed by atoms with van der Waals surface area (Å²) in [5, 5.41) is 0. The summed E-state index contributed by atoms with van der Waals surface area (Å²) >= 11 is 0. The Bertz CT molecular complexity index is 780. The molecule has 2 N–H and O–H groups in total. The van der Waals surface area contributed by atoms with E-state index in [4.69, 9.17) is 10.5 Å². The average Bonchev–Trinajstić information content (AvgIpc) is 2.68. The van der Waals surface area contributed by atoms with Crippen molar-refractivity contribution in [3.63, 3.8) is 0 Å². The number of carbonyl (C=O) groups excluding carboxylic acids is 2. The van der Waals surface area contributed by atoms with E-state index in [9.17, 15) is 9.59 Å². The predicted molar refractivity (Wildman–Crippen MR) is 101 cm³/mol. The molecule has 0 aliphatic carbocycles. The van der Waals surface area contributed by atoms with Gasteiger partial charge < -0.3 is 15.4 Å². The van der Waals surface area contributed by atoms with Gasteiger partial charge in [-0.1, -0.05) is 30.3 Å². The number of nitrogens with zero attached hydrogens (tertiary/aromatic N) is 1. The van der Waals surface area contributed by atoms with Crippen molar-refractivity contribution < 1.29 is 14.3 Å². The molecule has 136 valence electrons. The molecule has 0 spiro atoms. The second-order valence-corrected chi connectivity index (χ2v) is 6.66. The zero-order valence-electron chi connectivity index (χ0n) is 15.0. The van der Waals surface area contributed by atoms with Crippen molar-refractivity contribution in [1.82, 2.24) is 4.90 Å². The van der Waals surface area contributed by atoms with E-state index in [0.29, 0.717) is 17.7 Å². The van der Waals surface area contributed by atoms with Crippen molar-refractivity contribution in [3.8, 4) is 11.1 Å². The number of rotatable bonds is 5. The van der Waals surface area contributed by atoms with E-state index in [1.54, 1.807) is 36.2 Å². The van der Waals surface area contributed by atoms with E-state index in [1.165, 1.54) is 0 Å². The molecule has 5 heteroatoms. The molecule has 0 aromatic heterocycles. The quantitative estimate of drug-likeness (QED) is 0.899. The van der Waals surface area contributed by atoms with Gasteiger partial charge >= 0.3 is 0 Å². The number of hydrogen-bond acceptors (Lipinski definition) is 3. The van der Waals surface area contributed by atoms with E-state index < -0.39 is 5.91 Å². The first kappa shape index (κ1) is 18.1. The smallest absolute Gasteiger partial charge is 0.253 e. The van der Waals surface area contributed by atoms with Gasteiger partial charge in [-0.2, -0.15) is 0 Å². The second-order valence-electron chi connectivity index (χ2n) is 6.66. The molecule has 5 nitrogen and oxygen atoms in total. The summed E-state index contributed by atoms with van der Waals surface area (Å²) in [5.74, 6) is -0.498. The highest BCUT2D eigenvalue weighted by Crippen LogP contribution is 2.24. The summed E-state index contributed by atoms with van der Waals surface area (Å²) < 4.78 is 5.71. The van der Waals surface area contributed by atoms with Crippen molar-refractivity contribution in [1.29, 1.82) is 0 Å². The van der Waals surface area contributed by atoms with Crippen LogP contribution in [0.4, 0.5) is 0 Å². The number of likely N-dealkylation sites (N-methyl/N-ethyl adjacent to an activating group) is 1. The molecule has 0 bridgehead atoms. The van der Waals surface area contributed by atoms with Crippen LogP contribution in [-0.2, 0) is 4.74 Å². The summed E-state index contributed by atoms with van der Waals surface area (Å²) in [5.41, 5.74) is 8.15. The zero-order chi connectivity index (χ0) is 18.5. The molecular formula is C21H24N2O3. The van der Waals surface area contributed by atoms with Crippen LogP contribution in [0.25, 0.3) is 11.1 Å². The fourth-order valence-electron chi connectivity index (χ4n) is 3.30. The Kier molecular flexibility index (Phi) is 5.68. The normalized spacial score (nSPS) is 16.9. The minimum atomic E-state index is -0.465. The fraction of sp³-hybridized carbons (Fsp3) is 0.333. The number of nitrogens with two attached hydrogens (primary N) is 1. The zero-order valence-corrected chi connectivity index (χ0v) is 15.0. The molecule has 1 aliphatic rings. The summed E-state index contributed by atoms with van der Waals surface area (Å²) in [6.45, 7) is 1.38. The SMILES string of the molecule is CN(CC1CCCCO1)C(=O)c1ccc(-c2ccccc2C(N)=O)cc1. The topological polar surface area (TPSA) is 72.6 Å². The van der Waals surface area contributed by atoms with E-state index in [2.05, 4.69) is 0 Å². The molecule has 26 heavy (non-hydrogen) atoms. The van der Waals surface area contributed by atoms with Crippen LogP contribution >= 0.6 is 0 Å². The lowest BCUT2D eigenvalue weighted by molar-refractivity contribution is -0.000186. The summed E-state index contributed by atoms with van der Waals surface area (Å²) in [7, 11) is 1.80. The van der Waals surface area contributed by atoms with Gasteiger partial charge in [-0.05, 0) is 48.6 Å². The van der Waals surface area contributed by atoms with E-state index in [0.717, 1.165) is 37.0 Å². The number of amides is 2. The van der Waals surface area contributed by atoms with Crippen LogP contribution in [0.15, 0.2) is 48.5 Å². The maximum Gasteiger partial charge on any atom is 0.253 e. The van der Waals surface area contributed by atoms with Crippen LogP contribution in [0.2, 0.25) is 0 Å². The Hall–Kier alpha value is -2.66. The van der Waals surface area contributed by atoms with Crippen LogP contribution in [0.1, 0.15) is 40.0 Å². The van der Waals surface area contributed by atoms with Crippen LogP contribution < -0.4 is 5.73 Å². The molecule has 2 aromatic carbocycles. The molecular weight excluding hydrogens is 328 g/mol. The highest BCUT2D eigenvalue weighted by molar-refractivity contribution is 6.00. The summed E-state index contributed by atoms with van der Waals surface area (Å²) in [6.07, 6.45) is 3.38. The maximum atomic E-state index is 12.6. The fourth-order valence-corrected chi connectivity index (χ4v) is 3.30. The highest BCUT2D eigenvalue weighted by atomic mass is 16.5. The van der Waals surface area contributed by atoms with Crippen molar-refractivity contribution in [2.75, 3.05) is 20.2 Å². The van der Waals surface area contributed by atoms with Gasteiger partial charge in [0, 0.05) is 31.3 Å². The Morgan fingerprint density at radius 3 is 2.50 bits per heavy atom. The van der Waals surface area contributed by atoms with Crippen molar-refractivity contribution >= 4 is 11.8 Å². The minimum Gasteiger partial charge on any atom is -0.376 e. The van der Waals surface area contributed by atoms with Gasteiger partial charge in [0.15, 0.2) is 0 Å². The summed E-state index contributed by atoms with van der Waals surface area (Å²) in [4.78, 5) is 25.9. The standard InChI is InChI=1S/C21H24N2O3/c1-23(14-17-6-4-5-13-26-17)21(25)16-11-9-15(10-12-16)18-7-2-3-8-19(18)20(22)24/h2-3,7-12,17H,4-6,13-14H2,1H3,(H2,22,24). The Morgan fingerprint density at radius 1 is 1.12 bits per heavy atom. The predicted octanol–water partition coefficient (Wildman–Crippen LogP) is 3.09. The van der Waals surface area contributed by atoms with Crippen molar-refractivity contribution in [3.05, 3.63) is 59.7 Å². The lowest BCUT2D eigenvalue weighted by atomic mass is 9.98. The molecule has 2 aromatic rings. The van der Waals surface area contributed by atoms with Crippen molar-refractivity contribution in [2.45, 2.75) is 25.4 Å². The molecule has 1 unspecified atom stereocenters. The monoisotopic (exact) mass is 352 g/mol. The van der Waals surface area contributed by atoms with E-state index in [1.807, 2.05) is 24.3 Å². The van der Waals surface area contributed by atoms with Gasteiger partial charge in [-0.25, -0.2) is 0 Å². The van der Waals surface area contributed by atoms with Gasteiger partial charge in [-0.3, -0.25) is 9.59 Å². The first-order valence-corrected chi connectivity index (χ1v) is 8.92. The van der Waals surface area contributed by atoms with Crippen molar-refractivity contribution in [2.24, 2.45) is 5.73 Å².